The molecule has 0 aromatic heterocycles. The quantitative estimate of drug-likeness (QED) is 0.623. The van der Waals surface area contributed by atoms with Gasteiger partial charge in [-0.1, -0.05) is 82.8 Å². The van der Waals surface area contributed by atoms with Crippen LogP contribution in [0.2, 0.25) is 37.8 Å². The summed E-state index contributed by atoms with van der Waals surface area (Å²) in [5, 5.41) is 2.32. The van der Waals surface area contributed by atoms with Crippen LogP contribution in [0.25, 0.3) is 21.9 Å². The summed E-state index contributed by atoms with van der Waals surface area (Å²) in [6.45, 7) is 12.7. The van der Waals surface area contributed by atoms with E-state index in [1.165, 1.54) is 0 Å². The zero-order valence-electron chi connectivity index (χ0n) is 17.2. The van der Waals surface area contributed by atoms with Gasteiger partial charge in [0.05, 0.1) is 16.1 Å². The maximum absolute atomic E-state index is 13.7. The summed E-state index contributed by atoms with van der Waals surface area (Å²) < 4.78 is 0. The van der Waals surface area contributed by atoms with E-state index in [9.17, 15) is 14.4 Å². The monoisotopic (exact) mass is 396 g/mol. The second kappa shape index (κ2) is 6.64. The van der Waals surface area contributed by atoms with Crippen LogP contribution in [0.1, 0.15) is 20.8 Å². The second-order valence-electron chi connectivity index (χ2n) is 8.62. The van der Waals surface area contributed by atoms with Crippen molar-refractivity contribution in [3.63, 3.8) is 0 Å². The number of hydrogen-bond acceptors (Lipinski definition) is 3. The molecule has 0 bridgehead atoms. The SMILES string of the molecule is CC[Si](CC)(CC)c1c2c(=O)c3ccccc3c(=O)c-2c([Si](C)(C)C)c1=O. The Balaban J connectivity index is 2.71. The summed E-state index contributed by atoms with van der Waals surface area (Å²) in [4.78, 5) is 40.7. The molecule has 0 atom stereocenters. The summed E-state index contributed by atoms with van der Waals surface area (Å²) in [7, 11) is -4.24. The predicted octanol–water partition coefficient (Wildman–Crippen LogP) is 3.16. The molecule has 3 rings (SSSR count). The van der Waals surface area contributed by atoms with Gasteiger partial charge in [-0.2, -0.15) is 0 Å². The van der Waals surface area contributed by atoms with Crippen LogP contribution in [0.3, 0.4) is 0 Å². The third kappa shape index (κ3) is 2.71. The zero-order chi connectivity index (χ0) is 20.1. The summed E-state index contributed by atoms with van der Waals surface area (Å²) in [6, 6.07) is 9.77. The van der Waals surface area contributed by atoms with E-state index < -0.39 is 16.1 Å². The van der Waals surface area contributed by atoms with E-state index in [1.54, 1.807) is 24.3 Å². The van der Waals surface area contributed by atoms with Crippen LogP contribution < -0.4 is 26.7 Å². The van der Waals surface area contributed by atoms with Gasteiger partial charge in [0, 0.05) is 21.9 Å². The van der Waals surface area contributed by atoms with Crippen LogP contribution in [0, 0.1) is 0 Å². The Hall–Kier alpha value is -1.86. The molecule has 27 heavy (non-hydrogen) atoms. The molecule has 0 amide bonds. The van der Waals surface area contributed by atoms with Crippen molar-refractivity contribution in [1.82, 2.24) is 0 Å². The number of hydrogen-bond donors (Lipinski definition) is 0. The fourth-order valence-corrected chi connectivity index (χ4v) is 10.6. The lowest BCUT2D eigenvalue weighted by molar-refractivity contribution is 1.19. The molecule has 2 aliphatic rings. The van der Waals surface area contributed by atoms with Crippen molar-refractivity contribution in [2.75, 3.05) is 0 Å². The molecular formula is C22H28O3Si2. The average molecular weight is 397 g/mol. The summed E-state index contributed by atoms with van der Waals surface area (Å²) in [5.41, 5.74) is 0.686. The van der Waals surface area contributed by atoms with Gasteiger partial charge in [0.25, 0.3) is 0 Å². The van der Waals surface area contributed by atoms with E-state index in [0.29, 0.717) is 27.1 Å². The number of benzene rings is 2. The molecule has 0 saturated carbocycles. The lowest BCUT2D eigenvalue weighted by atomic mass is 10.0. The molecule has 0 fully saturated rings. The Morgan fingerprint density at radius 3 is 1.44 bits per heavy atom. The Morgan fingerprint density at radius 1 is 0.667 bits per heavy atom. The van der Waals surface area contributed by atoms with Crippen molar-refractivity contribution in [3.05, 3.63) is 54.9 Å². The van der Waals surface area contributed by atoms with Crippen LogP contribution in [-0.4, -0.2) is 16.1 Å². The highest BCUT2D eigenvalue weighted by Crippen LogP contribution is 2.26. The highest BCUT2D eigenvalue weighted by Gasteiger charge is 2.42. The molecule has 0 heterocycles. The molecule has 5 heteroatoms. The minimum absolute atomic E-state index is 0.0193. The lowest BCUT2D eigenvalue weighted by Crippen LogP contribution is -2.57. The Labute approximate surface area is 162 Å². The first-order valence-electron chi connectivity index (χ1n) is 9.87. The molecule has 142 valence electrons. The molecule has 3 nitrogen and oxygen atoms in total. The van der Waals surface area contributed by atoms with Crippen LogP contribution in [0.5, 0.6) is 0 Å². The first-order chi connectivity index (χ1) is 12.6. The van der Waals surface area contributed by atoms with Crippen molar-refractivity contribution in [1.29, 1.82) is 0 Å². The topological polar surface area (TPSA) is 51.2 Å². The van der Waals surface area contributed by atoms with Crippen molar-refractivity contribution in [2.24, 2.45) is 0 Å². The third-order valence-corrected chi connectivity index (χ3v) is 14.0. The normalized spacial score (nSPS) is 13.0. The number of rotatable bonds is 5. The molecule has 2 aliphatic carbocycles. The van der Waals surface area contributed by atoms with Gasteiger partial charge in [0.15, 0.2) is 16.3 Å². The van der Waals surface area contributed by atoms with E-state index in [1.807, 2.05) is 0 Å². The van der Waals surface area contributed by atoms with Gasteiger partial charge in [0.2, 0.25) is 0 Å². The minimum Gasteiger partial charge on any atom is -0.290 e. The van der Waals surface area contributed by atoms with E-state index in [2.05, 4.69) is 40.4 Å². The van der Waals surface area contributed by atoms with Gasteiger partial charge in [-0.3, -0.25) is 14.4 Å². The summed E-state index contributed by atoms with van der Waals surface area (Å²) in [5.74, 6) is 0. The maximum Gasteiger partial charge on any atom is 0.194 e. The van der Waals surface area contributed by atoms with Crippen LogP contribution in [-0.2, 0) is 0 Å². The Morgan fingerprint density at radius 2 is 1.07 bits per heavy atom. The van der Waals surface area contributed by atoms with Gasteiger partial charge in [0.1, 0.15) is 0 Å². The van der Waals surface area contributed by atoms with Gasteiger partial charge in [-0.15, -0.1) is 0 Å². The lowest BCUT2D eigenvalue weighted by Gasteiger charge is -2.28. The first kappa shape index (κ1) is 19.9. The van der Waals surface area contributed by atoms with Crippen molar-refractivity contribution >= 4 is 37.3 Å². The van der Waals surface area contributed by atoms with Gasteiger partial charge >= 0.3 is 0 Å². The minimum atomic E-state index is -2.13. The van der Waals surface area contributed by atoms with Crippen LogP contribution >= 0.6 is 0 Å². The molecular weight excluding hydrogens is 368 g/mol. The molecule has 0 unspecified atom stereocenters. The highest BCUT2D eigenvalue weighted by atomic mass is 28.3. The van der Waals surface area contributed by atoms with Crippen LogP contribution in [0.15, 0.2) is 38.6 Å². The van der Waals surface area contributed by atoms with Crippen molar-refractivity contribution < 1.29 is 0 Å². The van der Waals surface area contributed by atoms with Crippen molar-refractivity contribution in [3.8, 4) is 11.1 Å². The maximum atomic E-state index is 13.7. The molecule has 1 aromatic rings. The molecule has 0 radical (unpaired) electrons. The van der Waals surface area contributed by atoms with E-state index in [4.69, 9.17) is 0 Å². The van der Waals surface area contributed by atoms with E-state index in [-0.39, 0.29) is 16.3 Å². The largest absolute Gasteiger partial charge is 0.290 e. The van der Waals surface area contributed by atoms with E-state index >= 15 is 0 Å². The summed E-state index contributed by atoms with van der Waals surface area (Å²) >= 11 is 0. The Bertz CT molecular complexity index is 1120. The first-order valence-corrected chi connectivity index (χ1v) is 16.0. The Kier molecular flexibility index (Phi) is 4.89. The zero-order valence-corrected chi connectivity index (χ0v) is 19.2. The smallest absolute Gasteiger partial charge is 0.194 e. The molecule has 0 N–H and O–H groups in total. The molecule has 0 spiro atoms. The fourth-order valence-electron chi connectivity index (χ4n) is 4.71. The van der Waals surface area contributed by atoms with Crippen LogP contribution in [0.4, 0.5) is 0 Å². The third-order valence-electron chi connectivity index (χ3n) is 6.39. The average Bonchev–Trinajstić information content (AvgIpc) is 2.96. The summed E-state index contributed by atoms with van der Waals surface area (Å²) in [6.07, 6.45) is 0. The number of fused-ring (bicyclic) bond motifs is 2. The van der Waals surface area contributed by atoms with E-state index in [0.717, 1.165) is 23.3 Å². The second-order valence-corrected chi connectivity index (χ2v) is 18.8. The molecule has 1 aromatic carbocycles. The highest BCUT2D eigenvalue weighted by molar-refractivity contribution is 6.95. The standard InChI is InChI=1S/C22H28O3Si2/c1-7-27(8-2,9-3)22-17-16(21(20(22)25)26(4,5)6)18(23)14-12-10-11-13-15(14)19(17)24/h10-13H,7-9H2,1-6H3. The van der Waals surface area contributed by atoms with Gasteiger partial charge in [-0.25, -0.2) is 0 Å². The molecule has 0 aliphatic heterocycles. The van der Waals surface area contributed by atoms with Gasteiger partial charge < -0.3 is 0 Å². The van der Waals surface area contributed by atoms with Gasteiger partial charge in [-0.05, 0) is 10.4 Å². The predicted molar refractivity (Wildman–Crippen MR) is 122 cm³/mol. The fraction of sp³-hybridized carbons (Fsp3) is 0.409. The van der Waals surface area contributed by atoms with Crippen molar-refractivity contribution in [2.45, 2.75) is 58.5 Å². The molecule has 0 saturated heterocycles.